The second kappa shape index (κ2) is 9.46. The fourth-order valence-corrected chi connectivity index (χ4v) is 4.20. The van der Waals surface area contributed by atoms with Crippen LogP contribution >= 0.6 is 0 Å². The zero-order valence-electron chi connectivity index (χ0n) is 17.9. The van der Waals surface area contributed by atoms with Gasteiger partial charge in [0.2, 0.25) is 0 Å². The van der Waals surface area contributed by atoms with E-state index >= 15 is 0 Å². The lowest BCUT2D eigenvalue weighted by Crippen LogP contribution is -2.46. The third-order valence-electron chi connectivity index (χ3n) is 5.73. The first kappa shape index (κ1) is 21.9. The number of benzene rings is 2. The summed E-state index contributed by atoms with van der Waals surface area (Å²) in [6.07, 6.45) is -0.637. The summed E-state index contributed by atoms with van der Waals surface area (Å²) < 4.78 is 21.8. The normalized spacial score (nSPS) is 23.3. The van der Waals surface area contributed by atoms with Crippen LogP contribution in [-0.4, -0.2) is 56.2 Å². The number of hydrogen-bond donors (Lipinski definition) is 3. The van der Waals surface area contributed by atoms with Gasteiger partial charge in [0, 0.05) is 22.9 Å². The molecule has 2 aromatic carbocycles. The van der Waals surface area contributed by atoms with Gasteiger partial charge < -0.3 is 34.7 Å². The summed E-state index contributed by atoms with van der Waals surface area (Å²) in [6, 6.07) is 12.0. The second-order valence-corrected chi connectivity index (χ2v) is 7.74. The summed E-state index contributed by atoms with van der Waals surface area (Å²) in [4.78, 5) is 24.2. The van der Waals surface area contributed by atoms with Crippen LogP contribution in [0.4, 0.5) is 16.2 Å². The Morgan fingerprint density at radius 3 is 2.50 bits per heavy atom. The van der Waals surface area contributed by atoms with Crippen molar-refractivity contribution in [3.05, 3.63) is 48.0 Å². The van der Waals surface area contributed by atoms with Gasteiger partial charge in [0.15, 0.2) is 0 Å². The smallest absolute Gasteiger partial charge is 0.323 e. The fraction of sp³-hybridized carbons (Fsp3) is 0.391. The van der Waals surface area contributed by atoms with Crippen LogP contribution in [0.1, 0.15) is 24.3 Å². The number of aliphatic hydroxyl groups is 1. The number of ether oxygens (including phenoxy) is 4. The van der Waals surface area contributed by atoms with Crippen LogP contribution < -0.4 is 20.1 Å². The first-order valence-electron chi connectivity index (χ1n) is 10.4. The molecule has 0 bridgehead atoms. The van der Waals surface area contributed by atoms with Crippen LogP contribution in [0.3, 0.4) is 0 Å². The number of rotatable bonds is 6. The van der Waals surface area contributed by atoms with Gasteiger partial charge in [-0.2, -0.15) is 0 Å². The molecule has 0 radical (unpaired) electrons. The monoisotopic (exact) mass is 442 g/mol. The molecule has 0 unspecified atom stereocenters. The van der Waals surface area contributed by atoms with Crippen LogP contribution in [-0.2, 0) is 14.3 Å². The van der Waals surface area contributed by atoms with Crippen molar-refractivity contribution in [2.24, 2.45) is 0 Å². The second-order valence-electron chi connectivity index (χ2n) is 7.74. The molecule has 2 aliphatic heterocycles. The average molecular weight is 442 g/mol. The maximum Gasteiger partial charge on any atom is 0.323 e. The lowest BCUT2D eigenvalue weighted by molar-refractivity contribution is -0.156. The van der Waals surface area contributed by atoms with Crippen molar-refractivity contribution in [3.8, 4) is 11.5 Å². The number of esters is 1. The number of carbonyl (C=O) groups is 2. The molecule has 1 saturated heterocycles. The topological polar surface area (TPSA) is 115 Å². The van der Waals surface area contributed by atoms with E-state index in [2.05, 4.69) is 10.6 Å². The van der Waals surface area contributed by atoms with Crippen molar-refractivity contribution < 1.29 is 33.6 Å². The minimum atomic E-state index is -0.550. The molecular weight excluding hydrogens is 416 g/mol. The molecule has 2 aliphatic rings. The lowest BCUT2D eigenvalue weighted by atomic mass is 9.84. The van der Waals surface area contributed by atoms with Crippen LogP contribution in [0, 0.1) is 0 Å². The maximum atomic E-state index is 12.4. The predicted molar refractivity (Wildman–Crippen MR) is 116 cm³/mol. The fourth-order valence-electron chi connectivity index (χ4n) is 4.20. The molecule has 2 aromatic rings. The Morgan fingerprint density at radius 1 is 1.09 bits per heavy atom. The van der Waals surface area contributed by atoms with Crippen molar-refractivity contribution in [1.29, 1.82) is 0 Å². The Balaban J connectivity index is 1.46. The maximum absolute atomic E-state index is 12.4. The molecule has 4 rings (SSSR count). The summed E-state index contributed by atoms with van der Waals surface area (Å²) >= 11 is 0. The average Bonchev–Trinajstić information content (AvgIpc) is 3.17. The standard InChI is InChI=1S/C23H26N2O7/c1-29-15-6-3-13(4-7-15)24-23(28)25-14-5-8-19-17(9-14)18-10-16(11-21(27)30-2)31-20(12-26)22(18)32-19/h3-9,16,18,20,22,26H,10-12H2,1-2H3,(H2,24,25,28)/t16-,18-,20-,22+/m0/s1. The highest BCUT2D eigenvalue weighted by atomic mass is 16.6. The van der Waals surface area contributed by atoms with Crippen molar-refractivity contribution in [1.82, 2.24) is 0 Å². The first-order valence-corrected chi connectivity index (χ1v) is 10.4. The number of fused-ring (bicyclic) bond motifs is 3. The minimum absolute atomic E-state index is 0.0723. The predicted octanol–water partition coefficient (Wildman–Crippen LogP) is 2.90. The van der Waals surface area contributed by atoms with Gasteiger partial charge in [-0.25, -0.2) is 4.79 Å². The Morgan fingerprint density at radius 2 is 1.81 bits per heavy atom. The quantitative estimate of drug-likeness (QED) is 0.589. The van der Waals surface area contributed by atoms with E-state index in [1.165, 1.54) is 7.11 Å². The van der Waals surface area contributed by atoms with Gasteiger partial charge in [-0.05, 0) is 48.9 Å². The Kier molecular flexibility index (Phi) is 6.48. The Hall–Kier alpha value is -3.30. The van der Waals surface area contributed by atoms with Crippen LogP contribution in [0.2, 0.25) is 0 Å². The molecule has 0 saturated carbocycles. The van der Waals surface area contributed by atoms with E-state index in [1.54, 1.807) is 43.5 Å². The number of amides is 2. The summed E-state index contributed by atoms with van der Waals surface area (Å²) in [6.45, 7) is -0.220. The molecule has 0 aromatic heterocycles. The van der Waals surface area contributed by atoms with E-state index in [-0.39, 0.29) is 43.2 Å². The molecule has 2 heterocycles. The highest BCUT2D eigenvalue weighted by Crippen LogP contribution is 2.47. The molecule has 0 spiro atoms. The van der Waals surface area contributed by atoms with Gasteiger partial charge >= 0.3 is 12.0 Å². The number of aliphatic hydroxyl groups excluding tert-OH is 1. The van der Waals surface area contributed by atoms with Gasteiger partial charge in [0.25, 0.3) is 0 Å². The van der Waals surface area contributed by atoms with Crippen molar-refractivity contribution in [2.45, 2.75) is 37.1 Å². The largest absolute Gasteiger partial charge is 0.497 e. The molecule has 1 fully saturated rings. The molecule has 0 aliphatic carbocycles. The van der Waals surface area contributed by atoms with Gasteiger partial charge in [-0.1, -0.05) is 0 Å². The Bertz CT molecular complexity index is 979. The third-order valence-corrected chi connectivity index (χ3v) is 5.73. The van der Waals surface area contributed by atoms with Gasteiger partial charge in [0.1, 0.15) is 23.7 Å². The summed E-state index contributed by atoms with van der Waals surface area (Å²) in [5.74, 6) is 0.945. The molecule has 9 heteroatoms. The Labute approximate surface area is 185 Å². The molecular formula is C23H26N2O7. The van der Waals surface area contributed by atoms with Crippen molar-refractivity contribution in [3.63, 3.8) is 0 Å². The van der Waals surface area contributed by atoms with E-state index in [0.717, 1.165) is 5.56 Å². The first-order chi connectivity index (χ1) is 15.5. The van der Waals surface area contributed by atoms with Crippen LogP contribution in [0.25, 0.3) is 0 Å². The molecule has 2 amide bonds. The minimum Gasteiger partial charge on any atom is -0.497 e. The van der Waals surface area contributed by atoms with E-state index in [1.807, 2.05) is 6.07 Å². The molecule has 9 nitrogen and oxygen atoms in total. The van der Waals surface area contributed by atoms with E-state index < -0.39 is 6.10 Å². The van der Waals surface area contributed by atoms with Crippen molar-refractivity contribution in [2.75, 3.05) is 31.5 Å². The van der Waals surface area contributed by atoms with E-state index in [4.69, 9.17) is 18.9 Å². The number of methoxy groups -OCH3 is 2. The van der Waals surface area contributed by atoms with E-state index in [0.29, 0.717) is 29.3 Å². The van der Waals surface area contributed by atoms with Gasteiger partial charge in [-0.15, -0.1) is 0 Å². The van der Waals surface area contributed by atoms with Crippen LogP contribution in [0.15, 0.2) is 42.5 Å². The van der Waals surface area contributed by atoms with E-state index in [9.17, 15) is 14.7 Å². The summed E-state index contributed by atoms with van der Waals surface area (Å²) in [5, 5.41) is 15.4. The zero-order chi connectivity index (χ0) is 22.7. The third kappa shape index (κ3) is 4.63. The number of nitrogens with one attached hydrogen (secondary N) is 2. The molecule has 3 N–H and O–H groups in total. The molecule has 4 atom stereocenters. The number of anilines is 2. The number of urea groups is 1. The van der Waals surface area contributed by atoms with Crippen molar-refractivity contribution >= 4 is 23.4 Å². The highest BCUT2D eigenvalue weighted by Gasteiger charge is 2.46. The number of carbonyl (C=O) groups excluding carboxylic acids is 2. The summed E-state index contributed by atoms with van der Waals surface area (Å²) in [7, 11) is 2.91. The van der Waals surface area contributed by atoms with Gasteiger partial charge in [-0.3, -0.25) is 4.79 Å². The van der Waals surface area contributed by atoms with Crippen LogP contribution in [0.5, 0.6) is 11.5 Å². The zero-order valence-corrected chi connectivity index (χ0v) is 17.9. The molecule has 170 valence electrons. The highest BCUT2D eigenvalue weighted by molar-refractivity contribution is 5.99. The molecule has 32 heavy (non-hydrogen) atoms. The SMILES string of the molecule is COC(=O)C[C@@H]1C[C@H]2c3cc(NC(=O)Nc4ccc(OC)cc4)ccc3O[C@H]2[C@H](CO)O1. The summed E-state index contributed by atoms with van der Waals surface area (Å²) in [5.41, 5.74) is 2.15. The lowest BCUT2D eigenvalue weighted by Gasteiger charge is -2.36. The van der Waals surface area contributed by atoms with Gasteiger partial charge in [0.05, 0.1) is 33.4 Å². The number of hydrogen-bond acceptors (Lipinski definition) is 7.